The molecule has 1 saturated carbocycles. The molecule has 1 spiro atoms. The number of allylic oxidation sites excluding steroid dienone is 1. The van der Waals surface area contributed by atoms with Gasteiger partial charge in [-0.2, -0.15) is 0 Å². The van der Waals surface area contributed by atoms with E-state index in [1.807, 2.05) is 0 Å². The van der Waals surface area contributed by atoms with Crippen molar-refractivity contribution in [3.8, 4) is 0 Å². The molecule has 2 aliphatic rings. The minimum absolute atomic E-state index is 0.0717. The maximum atomic E-state index is 10.4. The van der Waals surface area contributed by atoms with Gasteiger partial charge < -0.3 is 14.6 Å². The quantitative estimate of drug-likeness (QED) is 0.622. The minimum Gasteiger partial charge on any atom is -0.390 e. The first-order chi connectivity index (χ1) is 9.41. The van der Waals surface area contributed by atoms with Gasteiger partial charge in [0.2, 0.25) is 0 Å². The Morgan fingerprint density at radius 2 is 2.15 bits per heavy atom. The van der Waals surface area contributed by atoms with E-state index in [9.17, 15) is 5.11 Å². The zero-order chi connectivity index (χ0) is 14.9. The monoisotopic (exact) mass is 282 g/mol. The highest BCUT2D eigenvalue weighted by molar-refractivity contribution is 5.21. The Hall–Kier alpha value is -0.380. The Balaban J connectivity index is 2.13. The summed E-state index contributed by atoms with van der Waals surface area (Å²) in [4.78, 5) is 0. The van der Waals surface area contributed by atoms with Crippen molar-refractivity contribution in [2.24, 2.45) is 17.8 Å². The SMILES string of the molecule is CO[C@@H]1[C@H](O)[C@@H](C)C[C@]2(CO2)[C@H]1C(C)=CCCC(C)C. The molecule has 2 fully saturated rings. The van der Waals surface area contributed by atoms with Crippen molar-refractivity contribution >= 4 is 0 Å². The van der Waals surface area contributed by atoms with Crippen LogP contribution in [0.3, 0.4) is 0 Å². The molecule has 1 aliphatic heterocycles. The zero-order valence-corrected chi connectivity index (χ0v) is 13.6. The van der Waals surface area contributed by atoms with Gasteiger partial charge in [0.25, 0.3) is 0 Å². The molecule has 0 unspecified atom stereocenters. The van der Waals surface area contributed by atoms with Gasteiger partial charge in [-0.3, -0.25) is 0 Å². The lowest BCUT2D eigenvalue weighted by atomic mass is 9.68. The largest absolute Gasteiger partial charge is 0.390 e. The Labute approximate surface area is 123 Å². The first-order valence-corrected chi connectivity index (χ1v) is 7.92. The second-order valence-corrected chi connectivity index (χ2v) is 7.12. The van der Waals surface area contributed by atoms with Crippen molar-refractivity contribution in [2.75, 3.05) is 13.7 Å². The summed E-state index contributed by atoms with van der Waals surface area (Å²) in [6.45, 7) is 9.57. The van der Waals surface area contributed by atoms with Crippen molar-refractivity contribution in [1.82, 2.24) is 0 Å². The Morgan fingerprint density at radius 3 is 2.65 bits per heavy atom. The van der Waals surface area contributed by atoms with E-state index in [-0.39, 0.29) is 23.5 Å². The van der Waals surface area contributed by atoms with E-state index in [2.05, 4.69) is 33.8 Å². The van der Waals surface area contributed by atoms with Gasteiger partial charge in [-0.25, -0.2) is 0 Å². The summed E-state index contributed by atoms with van der Waals surface area (Å²) in [7, 11) is 1.70. The number of ether oxygens (including phenoxy) is 2. The van der Waals surface area contributed by atoms with Crippen molar-refractivity contribution in [3.63, 3.8) is 0 Å². The van der Waals surface area contributed by atoms with E-state index < -0.39 is 6.10 Å². The van der Waals surface area contributed by atoms with Crippen LogP contribution >= 0.6 is 0 Å². The maximum Gasteiger partial charge on any atom is 0.101 e. The van der Waals surface area contributed by atoms with Gasteiger partial charge in [0.05, 0.1) is 18.8 Å². The fraction of sp³-hybridized carbons (Fsp3) is 0.882. The summed E-state index contributed by atoms with van der Waals surface area (Å²) in [6, 6.07) is 0. The van der Waals surface area contributed by atoms with Gasteiger partial charge in [0, 0.05) is 13.0 Å². The molecule has 3 heteroatoms. The van der Waals surface area contributed by atoms with Crippen molar-refractivity contribution in [3.05, 3.63) is 11.6 Å². The van der Waals surface area contributed by atoms with Gasteiger partial charge in [-0.05, 0) is 38.0 Å². The summed E-state index contributed by atoms with van der Waals surface area (Å²) in [5.74, 6) is 1.16. The Kier molecular flexibility index (Phi) is 4.93. The molecule has 5 atom stereocenters. The molecule has 0 aromatic heterocycles. The van der Waals surface area contributed by atoms with Crippen molar-refractivity contribution in [2.45, 2.75) is 64.8 Å². The second kappa shape index (κ2) is 6.17. The molecule has 0 bridgehead atoms. The summed E-state index contributed by atoms with van der Waals surface area (Å²) >= 11 is 0. The lowest BCUT2D eigenvalue weighted by molar-refractivity contribution is -0.109. The molecule has 3 nitrogen and oxygen atoms in total. The average molecular weight is 282 g/mol. The third-order valence-electron chi connectivity index (χ3n) is 4.97. The van der Waals surface area contributed by atoms with Crippen LogP contribution in [0.25, 0.3) is 0 Å². The molecule has 0 amide bonds. The minimum atomic E-state index is -0.395. The number of rotatable bonds is 5. The van der Waals surface area contributed by atoms with Crippen LogP contribution in [-0.4, -0.2) is 36.6 Å². The number of epoxide rings is 1. The Morgan fingerprint density at radius 1 is 1.50 bits per heavy atom. The topological polar surface area (TPSA) is 42.0 Å². The molecular weight excluding hydrogens is 252 g/mol. The molecule has 0 aromatic rings. The van der Waals surface area contributed by atoms with Crippen LogP contribution in [-0.2, 0) is 9.47 Å². The number of aliphatic hydroxyl groups is 1. The van der Waals surface area contributed by atoms with E-state index in [0.29, 0.717) is 0 Å². The lowest BCUT2D eigenvalue weighted by Gasteiger charge is -2.43. The van der Waals surface area contributed by atoms with Crippen LogP contribution in [0.1, 0.15) is 47.0 Å². The fourth-order valence-corrected chi connectivity index (χ4v) is 3.72. The molecule has 2 rings (SSSR count). The predicted molar refractivity (Wildman–Crippen MR) is 80.6 cm³/mol. The number of aliphatic hydroxyl groups excluding tert-OH is 1. The predicted octanol–water partition coefficient (Wildman–Crippen LogP) is 3.17. The van der Waals surface area contributed by atoms with Crippen LogP contribution < -0.4 is 0 Å². The van der Waals surface area contributed by atoms with E-state index in [4.69, 9.17) is 9.47 Å². The highest BCUT2D eigenvalue weighted by Gasteiger charge is 2.60. The molecule has 0 radical (unpaired) electrons. The van der Waals surface area contributed by atoms with Crippen molar-refractivity contribution in [1.29, 1.82) is 0 Å². The smallest absolute Gasteiger partial charge is 0.101 e. The van der Waals surface area contributed by atoms with Crippen LogP contribution in [0.2, 0.25) is 0 Å². The van der Waals surface area contributed by atoms with Crippen LogP contribution in [0.5, 0.6) is 0 Å². The molecular formula is C17H30O3. The van der Waals surface area contributed by atoms with E-state index in [1.165, 1.54) is 12.0 Å². The van der Waals surface area contributed by atoms with Gasteiger partial charge >= 0.3 is 0 Å². The Bertz CT molecular complexity index is 357. The van der Waals surface area contributed by atoms with E-state index in [0.717, 1.165) is 25.4 Å². The molecule has 1 N–H and O–H groups in total. The van der Waals surface area contributed by atoms with Gasteiger partial charge in [-0.15, -0.1) is 0 Å². The molecule has 1 heterocycles. The van der Waals surface area contributed by atoms with Crippen molar-refractivity contribution < 1.29 is 14.6 Å². The number of methoxy groups -OCH3 is 1. The summed E-state index contributed by atoms with van der Waals surface area (Å²) < 4.78 is 11.5. The third kappa shape index (κ3) is 3.10. The summed E-state index contributed by atoms with van der Waals surface area (Å²) in [5.41, 5.74) is 1.25. The molecule has 1 saturated heterocycles. The zero-order valence-electron chi connectivity index (χ0n) is 13.6. The highest BCUT2D eigenvalue weighted by atomic mass is 16.6. The third-order valence-corrected chi connectivity index (χ3v) is 4.97. The van der Waals surface area contributed by atoms with Crippen LogP contribution in [0, 0.1) is 17.8 Å². The maximum absolute atomic E-state index is 10.4. The summed E-state index contributed by atoms with van der Waals surface area (Å²) in [6.07, 6.45) is 5.02. The molecule has 1 aliphatic carbocycles. The molecule has 20 heavy (non-hydrogen) atoms. The summed E-state index contributed by atoms with van der Waals surface area (Å²) in [5, 5.41) is 10.4. The van der Waals surface area contributed by atoms with Gasteiger partial charge in [0.15, 0.2) is 0 Å². The van der Waals surface area contributed by atoms with Crippen LogP contribution in [0.4, 0.5) is 0 Å². The first-order valence-electron chi connectivity index (χ1n) is 7.92. The second-order valence-electron chi connectivity index (χ2n) is 7.12. The number of hydrogen-bond acceptors (Lipinski definition) is 3. The van der Waals surface area contributed by atoms with E-state index in [1.54, 1.807) is 7.11 Å². The first kappa shape index (κ1) is 16.0. The lowest BCUT2D eigenvalue weighted by Crippen LogP contribution is -2.52. The normalized spacial score (nSPS) is 41.5. The standard InChI is InChI=1S/C17H30O3/c1-11(2)7-6-8-12(3)14-16(19-5)15(18)13(4)9-17(14)10-20-17/h8,11,13-16,18H,6-7,9-10H2,1-5H3/t13-,14-,15+,16-,17-/m0/s1. The number of hydrogen-bond donors (Lipinski definition) is 1. The average Bonchev–Trinajstić information content (AvgIpc) is 3.13. The molecule has 116 valence electrons. The van der Waals surface area contributed by atoms with Gasteiger partial charge in [-0.1, -0.05) is 32.4 Å². The highest BCUT2D eigenvalue weighted by Crippen LogP contribution is 2.51. The van der Waals surface area contributed by atoms with E-state index >= 15 is 0 Å². The van der Waals surface area contributed by atoms with Crippen LogP contribution in [0.15, 0.2) is 11.6 Å². The fourth-order valence-electron chi connectivity index (χ4n) is 3.72. The molecule has 0 aromatic carbocycles. The van der Waals surface area contributed by atoms with Gasteiger partial charge in [0.1, 0.15) is 5.60 Å².